The number of anilines is 2. The molecule has 13 heteroatoms. The van der Waals surface area contributed by atoms with Crippen LogP contribution < -0.4 is 10.6 Å². The zero-order chi connectivity index (χ0) is 42.5. The highest BCUT2D eigenvalue weighted by Gasteiger charge is 2.24. The predicted octanol–water partition coefficient (Wildman–Crippen LogP) is 7.72. The van der Waals surface area contributed by atoms with E-state index in [2.05, 4.69) is 15.5 Å². The molecule has 0 aromatic heterocycles. The lowest BCUT2D eigenvalue weighted by Crippen LogP contribution is -2.42. The van der Waals surface area contributed by atoms with Gasteiger partial charge in [-0.25, -0.2) is 9.59 Å². The summed E-state index contributed by atoms with van der Waals surface area (Å²) in [5.74, 6) is -0.746. The number of piperidine rings is 1. The van der Waals surface area contributed by atoms with Gasteiger partial charge < -0.3 is 34.4 Å². The number of likely N-dealkylation sites (tertiary alicyclic amines) is 1. The molecule has 0 aliphatic carbocycles. The van der Waals surface area contributed by atoms with Crippen molar-refractivity contribution in [2.45, 2.75) is 51.7 Å². The fraction of sp³-hybridized carbons (Fsp3) is 0.370. The second-order valence-electron chi connectivity index (χ2n) is 15.8. The van der Waals surface area contributed by atoms with Crippen LogP contribution in [0.15, 0.2) is 103 Å². The van der Waals surface area contributed by atoms with Gasteiger partial charge in [0.15, 0.2) is 0 Å². The third kappa shape index (κ3) is 13.2. The van der Waals surface area contributed by atoms with Crippen LogP contribution in [-0.2, 0) is 9.47 Å². The SMILES string of the molecule is CN(CCCN(C)C(=O)c1cccc(NC(=O)c2ccc(C(=O)N(C)CCN3CCC(OC(=O)Nc4ccccc4-c4ccccc4)CC3)cc2)c1)C(=O)OC(C)(C)C. The van der Waals surface area contributed by atoms with Crippen molar-refractivity contribution < 1.29 is 33.4 Å². The molecule has 4 aromatic carbocycles. The van der Waals surface area contributed by atoms with E-state index in [1.165, 1.54) is 4.90 Å². The van der Waals surface area contributed by atoms with Gasteiger partial charge in [0.1, 0.15) is 11.7 Å². The first-order valence-electron chi connectivity index (χ1n) is 20.0. The molecule has 59 heavy (non-hydrogen) atoms. The summed E-state index contributed by atoms with van der Waals surface area (Å²) in [7, 11) is 5.11. The van der Waals surface area contributed by atoms with Crippen molar-refractivity contribution >= 4 is 41.3 Å². The number of likely N-dealkylation sites (N-methyl/N-ethyl adjacent to an activating group) is 1. The minimum absolute atomic E-state index is 0.158. The number of benzene rings is 4. The zero-order valence-electron chi connectivity index (χ0n) is 34.9. The molecule has 4 aromatic rings. The molecule has 0 bridgehead atoms. The monoisotopic (exact) mass is 804 g/mol. The number of para-hydroxylation sites is 1. The summed E-state index contributed by atoms with van der Waals surface area (Å²) in [6, 6.07) is 30.7. The third-order valence-corrected chi connectivity index (χ3v) is 9.96. The molecule has 0 spiro atoms. The van der Waals surface area contributed by atoms with E-state index in [0.717, 1.165) is 24.2 Å². The number of nitrogens with zero attached hydrogens (tertiary/aromatic N) is 4. The first-order valence-corrected chi connectivity index (χ1v) is 20.0. The average Bonchev–Trinajstić information content (AvgIpc) is 3.22. The van der Waals surface area contributed by atoms with Crippen molar-refractivity contribution in [2.24, 2.45) is 0 Å². The van der Waals surface area contributed by atoms with E-state index in [4.69, 9.17) is 9.47 Å². The first kappa shape index (κ1) is 43.9. The van der Waals surface area contributed by atoms with Gasteiger partial charge >= 0.3 is 12.2 Å². The molecule has 312 valence electrons. The molecule has 0 atom stereocenters. The minimum Gasteiger partial charge on any atom is -0.446 e. The molecule has 0 saturated carbocycles. The van der Waals surface area contributed by atoms with Crippen molar-refractivity contribution in [3.8, 4) is 11.1 Å². The van der Waals surface area contributed by atoms with Crippen LogP contribution in [0, 0.1) is 0 Å². The van der Waals surface area contributed by atoms with Gasteiger partial charge in [-0.2, -0.15) is 0 Å². The molecular weight excluding hydrogens is 749 g/mol. The molecule has 5 rings (SSSR count). The normalized spacial score (nSPS) is 13.2. The quantitative estimate of drug-likeness (QED) is 0.132. The minimum atomic E-state index is -0.584. The van der Waals surface area contributed by atoms with Gasteiger partial charge in [0, 0.05) is 88.4 Å². The van der Waals surface area contributed by atoms with Gasteiger partial charge in [-0.3, -0.25) is 19.7 Å². The number of hydrogen-bond donors (Lipinski definition) is 2. The van der Waals surface area contributed by atoms with Crippen molar-refractivity contribution in [3.63, 3.8) is 0 Å². The molecule has 1 heterocycles. The molecule has 13 nitrogen and oxygen atoms in total. The van der Waals surface area contributed by atoms with Gasteiger partial charge in [-0.15, -0.1) is 0 Å². The second kappa shape index (κ2) is 20.5. The highest BCUT2D eigenvalue weighted by atomic mass is 16.6. The maximum absolute atomic E-state index is 13.2. The number of ether oxygens (including phenoxy) is 2. The average molecular weight is 805 g/mol. The van der Waals surface area contributed by atoms with Crippen molar-refractivity contribution in [1.29, 1.82) is 0 Å². The number of amides is 5. The Kier molecular flexibility index (Phi) is 15.2. The smallest absolute Gasteiger partial charge is 0.411 e. The van der Waals surface area contributed by atoms with Gasteiger partial charge in [0.25, 0.3) is 17.7 Å². The predicted molar refractivity (Wildman–Crippen MR) is 230 cm³/mol. The molecule has 1 fully saturated rings. The van der Waals surface area contributed by atoms with Crippen molar-refractivity contribution in [3.05, 3.63) is 120 Å². The first-order chi connectivity index (χ1) is 28.2. The molecule has 1 saturated heterocycles. The van der Waals surface area contributed by atoms with Gasteiger partial charge in [-0.1, -0.05) is 54.6 Å². The van der Waals surface area contributed by atoms with E-state index in [0.29, 0.717) is 73.5 Å². The highest BCUT2D eigenvalue weighted by Crippen LogP contribution is 2.28. The fourth-order valence-electron chi connectivity index (χ4n) is 6.61. The number of hydrogen-bond acceptors (Lipinski definition) is 8. The van der Waals surface area contributed by atoms with E-state index in [-0.39, 0.29) is 23.8 Å². The van der Waals surface area contributed by atoms with Crippen LogP contribution in [0.3, 0.4) is 0 Å². The summed E-state index contributed by atoms with van der Waals surface area (Å²) in [6.45, 7) is 8.95. The van der Waals surface area contributed by atoms with E-state index in [1.54, 1.807) is 79.5 Å². The van der Waals surface area contributed by atoms with Crippen molar-refractivity contribution in [1.82, 2.24) is 19.6 Å². The molecule has 0 radical (unpaired) electrons. The van der Waals surface area contributed by atoms with Gasteiger partial charge in [-0.05, 0) is 94.1 Å². The Hall–Kier alpha value is -6.21. The van der Waals surface area contributed by atoms with Gasteiger partial charge in [0.05, 0.1) is 5.69 Å². The Morgan fingerprint density at radius 3 is 1.98 bits per heavy atom. The Bertz CT molecular complexity index is 2060. The molecule has 5 amide bonds. The van der Waals surface area contributed by atoms with E-state index in [9.17, 15) is 24.0 Å². The van der Waals surface area contributed by atoms with Crippen LogP contribution in [0.5, 0.6) is 0 Å². The largest absolute Gasteiger partial charge is 0.446 e. The highest BCUT2D eigenvalue weighted by molar-refractivity contribution is 6.06. The third-order valence-electron chi connectivity index (χ3n) is 9.96. The zero-order valence-corrected chi connectivity index (χ0v) is 34.9. The van der Waals surface area contributed by atoms with Crippen LogP contribution >= 0.6 is 0 Å². The summed E-state index contributed by atoms with van der Waals surface area (Å²) in [4.78, 5) is 71.5. The lowest BCUT2D eigenvalue weighted by Gasteiger charge is -2.32. The van der Waals surface area contributed by atoms with E-state index >= 15 is 0 Å². The Balaban J connectivity index is 1.02. The fourth-order valence-corrected chi connectivity index (χ4v) is 6.61. The van der Waals surface area contributed by atoms with E-state index < -0.39 is 17.8 Å². The van der Waals surface area contributed by atoms with Crippen LogP contribution in [0.25, 0.3) is 11.1 Å². The van der Waals surface area contributed by atoms with Crippen LogP contribution in [0.1, 0.15) is 71.1 Å². The number of carbonyl (C=O) groups excluding carboxylic acids is 5. The van der Waals surface area contributed by atoms with Crippen molar-refractivity contribution in [2.75, 3.05) is 71.0 Å². The Morgan fingerprint density at radius 1 is 0.678 bits per heavy atom. The molecule has 0 unspecified atom stereocenters. The molecule has 2 N–H and O–H groups in total. The number of nitrogens with one attached hydrogen (secondary N) is 2. The molecule has 1 aliphatic heterocycles. The lowest BCUT2D eigenvalue weighted by atomic mass is 10.0. The van der Waals surface area contributed by atoms with Crippen LogP contribution in [0.2, 0.25) is 0 Å². The standard InChI is InChI=1S/C46H56N6O7/c1-46(2,3)59-45(57)51(6)27-13-26-49(4)43(55)36-16-12-17-37(32-36)47-41(53)34-20-22-35(23-21-34)42(54)50(5)30-31-52-28-24-38(25-29-52)58-44(56)48-40-19-11-10-18-39(40)33-14-8-7-9-15-33/h7-12,14-23,32,38H,13,24-31H2,1-6H3,(H,47,53)(H,48,56). The Labute approximate surface area is 347 Å². The number of rotatable bonds is 14. The Morgan fingerprint density at radius 2 is 1.29 bits per heavy atom. The lowest BCUT2D eigenvalue weighted by molar-refractivity contribution is 0.0294. The molecule has 1 aliphatic rings. The van der Waals surface area contributed by atoms with Crippen LogP contribution in [0.4, 0.5) is 21.0 Å². The van der Waals surface area contributed by atoms with E-state index in [1.807, 2.05) is 75.4 Å². The summed E-state index contributed by atoms with van der Waals surface area (Å²) in [5, 5.41) is 5.76. The van der Waals surface area contributed by atoms with Gasteiger partial charge in [0.2, 0.25) is 0 Å². The second-order valence-corrected chi connectivity index (χ2v) is 15.8. The summed E-state index contributed by atoms with van der Waals surface area (Å²) in [6.07, 6.45) is 0.877. The maximum Gasteiger partial charge on any atom is 0.411 e. The summed E-state index contributed by atoms with van der Waals surface area (Å²) < 4.78 is 11.2. The maximum atomic E-state index is 13.2. The summed E-state index contributed by atoms with van der Waals surface area (Å²) in [5.41, 5.74) is 3.75. The van der Waals surface area contributed by atoms with Crippen LogP contribution in [-0.4, -0.2) is 122 Å². The molecular formula is C46H56N6O7. The topological polar surface area (TPSA) is 141 Å². The number of carbonyl (C=O) groups is 5. The summed E-state index contributed by atoms with van der Waals surface area (Å²) >= 11 is 0.